The number of aliphatic hydroxyl groups is 1. The lowest BCUT2D eigenvalue weighted by atomic mass is 9.85. The molecule has 5 rings (SSSR count). The van der Waals surface area contributed by atoms with Crippen LogP contribution in [0.25, 0.3) is 10.4 Å². The van der Waals surface area contributed by atoms with E-state index >= 15 is 0 Å². The number of carbonyl (C=O) groups is 4. The fourth-order valence-electron chi connectivity index (χ4n) is 6.73. The number of aromatic amines is 1. The topological polar surface area (TPSA) is 199 Å². The maximum Gasteiger partial charge on any atom is 0.269 e. The first kappa shape index (κ1) is 40.0. The number of nitrogens with two attached hydrogens (primary N) is 1. The smallest absolute Gasteiger partial charge is 0.269 e. The summed E-state index contributed by atoms with van der Waals surface area (Å²) in [6, 6.07) is 7.48. The highest BCUT2D eigenvalue weighted by Gasteiger charge is 2.44. The minimum Gasteiger partial charge on any atom is -0.391 e. The molecule has 15 nitrogen and oxygen atoms in total. The summed E-state index contributed by atoms with van der Waals surface area (Å²) >= 11 is 1.58. The number of likely N-dealkylation sites (tertiary alicyclic amines) is 1. The second-order valence-corrected chi connectivity index (χ2v) is 15.9. The summed E-state index contributed by atoms with van der Waals surface area (Å²) in [7, 11) is 0. The number of piperazine rings is 1. The van der Waals surface area contributed by atoms with Gasteiger partial charge in [0.1, 0.15) is 17.8 Å². The number of aliphatic hydroxyl groups excluding tert-OH is 1. The van der Waals surface area contributed by atoms with E-state index in [-0.39, 0.29) is 49.0 Å². The summed E-state index contributed by atoms with van der Waals surface area (Å²) in [6.07, 6.45) is 0.104. The van der Waals surface area contributed by atoms with Crippen molar-refractivity contribution in [2.24, 2.45) is 11.1 Å². The Bertz CT molecular complexity index is 1710. The maximum absolute atomic E-state index is 14.1. The highest BCUT2D eigenvalue weighted by molar-refractivity contribution is 7.13. The number of benzene rings is 1. The maximum atomic E-state index is 14.1. The predicted octanol–water partition coefficient (Wildman–Crippen LogP) is 1.83. The minimum absolute atomic E-state index is 0.0169. The largest absolute Gasteiger partial charge is 0.391 e. The van der Waals surface area contributed by atoms with E-state index in [1.165, 1.54) is 4.90 Å². The number of hydrogen-bond donors (Lipinski definition) is 5. The highest BCUT2D eigenvalue weighted by Crippen LogP contribution is 2.29. The van der Waals surface area contributed by atoms with Crippen molar-refractivity contribution in [2.75, 3.05) is 52.4 Å². The van der Waals surface area contributed by atoms with E-state index in [4.69, 9.17) is 10.5 Å². The number of aryl methyl sites for hydroxylation is 1. The molecule has 0 aliphatic carbocycles. The third-order valence-electron chi connectivity index (χ3n) is 9.80. The van der Waals surface area contributed by atoms with Crippen LogP contribution in [0.4, 0.5) is 0 Å². The molecule has 3 aromatic rings. The molecule has 2 fully saturated rings. The molecule has 2 aliphatic rings. The number of H-pyrrole nitrogens is 1. The molecule has 0 radical (unpaired) electrons. The first-order chi connectivity index (χ1) is 25.2. The summed E-state index contributed by atoms with van der Waals surface area (Å²) in [5.74, 6) is -1.57. The van der Waals surface area contributed by atoms with Crippen LogP contribution in [-0.4, -0.2) is 129 Å². The van der Waals surface area contributed by atoms with E-state index in [0.717, 1.165) is 47.8 Å². The standard InChI is InChI=1S/C37H53N9O6S/c1-23(25-7-9-26(10-8-25)32-24(2)39-22-53-32)40-35(50)30-18-28(47)19-46(30)36(51)33(37(3,4)5)41-31(48)20-45-14-12-44(13-15-45)11-6-16-52-21-27-17-29(34(38)49)43-42-27/h7-10,17,22-23,28,30,33,47H,6,11-16,18-21H2,1-5H3,(H2,38,49)(H,40,50)(H,41,48)(H,42,43)/t23-,28+,30-,33+/m0/s1. The average Bonchev–Trinajstić information content (AvgIpc) is 3.87. The van der Waals surface area contributed by atoms with Gasteiger partial charge in [-0.3, -0.25) is 29.2 Å². The number of nitrogens with one attached hydrogen (secondary N) is 3. The van der Waals surface area contributed by atoms with Crippen molar-refractivity contribution in [3.8, 4) is 10.4 Å². The number of nitrogens with zero attached hydrogens (tertiary/aromatic N) is 5. The first-order valence-corrected chi connectivity index (χ1v) is 19.0. The van der Waals surface area contributed by atoms with Crippen LogP contribution in [0.3, 0.4) is 0 Å². The Morgan fingerprint density at radius 2 is 1.79 bits per heavy atom. The highest BCUT2D eigenvalue weighted by atomic mass is 32.1. The lowest BCUT2D eigenvalue weighted by Gasteiger charge is -2.37. The summed E-state index contributed by atoms with van der Waals surface area (Å²) < 4.78 is 5.69. The van der Waals surface area contributed by atoms with E-state index < -0.39 is 29.5 Å². The molecule has 1 aromatic carbocycles. The molecule has 0 unspecified atom stereocenters. The Kier molecular flexibility index (Phi) is 13.4. The lowest BCUT2D eigenvalue weighted by Crippen LogP contribution is -2.59. The van der Waals surface area contributed by atoms with Gasteiger partial charge in [-0.1, -0.05) is 45.0 Å². The number of aromatic nitrogens is 3. The third-order valence-corrected chi connectivity index (χ3v) is 10.8. The van der Waals surface area contributed by atoms with Crippen molar-refractivity contribution >= 4 is 35.0 Å². The van der Waals surface area contributed by atoms with Crippen molar-refractivity contribution in [1.29, 1.82) is 0 Å². The average molecular weight is 752 g/mol. The molecule has 4 amide bonds. The lowest BCUT2D eigenvalue weighted by molar-refractivity contribution is -0.144. The SMILES string of the molecule is Cc1ncsc1-c1ccc([C@H](C)NC(=O)[C@@H]2C[C@@H](O)CN2C(=O)[C@@H](NC(=O)CN2CCN(CCCOCc3cc(C(N)=O)n[nH]3)CC2)C(C)(C)C)cc1. The van der Waals surface area contributed by atoms with Gasteiger partial charge in [0.05, 0.1) is 47.1 Å². The number of primary amides is 1. The number of hydrogen-bond acceptors (Lipinski definition) is 11. The van der Waals surface area contributed by atoms with Gasteiger partial charge in [-0.15, -0.1) is 11.3 Å². The van der Waals surface area contributed by atoms with Gasteiger partial charge >= 0.3 is 0 Å². The van der Waals surface area contributed by atoms with Gasteiger partial charge in [-0.25, -0.2) is 4.98 Å². The molecular formula is C37H53N9O6S. The number of carbonyl (C=O) groups excluding carboxylic acids is 4. The minimum atomic E-state index is -0.888. The number of rotatable bonds is 15. The van der Waals surface area contributed by atoms with Gasteiger partial charge in [0, 0.05) is 52.3 Å². The molecule has 4 atom stereocenters. The van der Waals surface area contributed by atoms with Gasteiger partial charge in [0.15, 0.2) is 0 Å². The number of β-amino-alcohol motifs (C(OH)–C–C–N with tert-alkyl or cyclic N) is 1. The van der Waals surface area contributed by atoms with Crippen LogP contribution < -0.4 is 16.4 Å². The summed E-state index contributed by atoms with van der Waals surface area (Å²) in [6.45, 7) is 14.4. The third kappa shape index (κ3) is 10.7. The van der Waals surface area contributed by atoms with Gasteiger partial charge in [0.2, 0.25) is 17.7 Å². The molecule has 0 saturated carbocycles. The van der Waals surface area contributed by atoms with E-state index in [1.54, 1.807) is 17.4 Å². The summed E-state index contributed by atoms with van der Waals surface area (Å²) in [5.41, 5.74) is 10.2. The Morgan fingerprint density at radius 1 is 1.09 bits per heavy atom. The molecule has 6 N–H and O–H groups in total. The zero-order valence-electron chi connectivity index (χ0n) is 31.3. The van der Waals surface area contributed by atoms with Gasteiger partial charge in [0.25, 0.3) is 5.91 Å². The summed E-state index contributed by atoms with van der Waals surface area (Å²) in [5, 5.41) is 23.2. The Labute approximate surface area is 314 Å². The number of thiazole rings is 1. The molecule has 53 heavy (non-hydrogen) atoms. The molecule has 16 heteroatoms. The Hall–Kier alpha value is -4.22. The Morgan fingerprint density at radius 3 is 2.42 bits per heavy atom. The van der Waals surface area contributed by atoms with E-state index in [1.807, 2.05) is 64.4 Å². The molecule has 2 saturated heterocycles. The monoisotopic (exact) mass is 751 g/mol. The van der Waals surface area contributed by atoms with Crippen LogP contribution in [0.5, 0.6) is 0 Å². The van der Waals surface area contributed by atoms with E-state index in [2.05, 4.69) is 35.6 Å². The van der Waals surface area contributed by atoms with Crippen LogP contribution in [-0.2, 0) is 25.7 Å². The van der Waals surface area contributed by atoms with E-state index in [9.17, 15) is 24.3 Å². The van der Waals surface area contributed by atoms with Crippen LogP contribution in [0.15, 0.2) is 35.8 Å². The zero-order valence-corrected chi connectivity index (χ0v) is 32.1. The molecule has 288 valence electrons. The van der Waals surface area contributed by atoms with Crippen molar-refractivity contribution in [1.82, 2.24) is 40.5 Å². The summed E-state index contributed by atoms with van der Waals surface area (Å²) in [4.78, 5) is 63.5. The fraction of sp³-hybridized carbons (Fsp3) is 0.568. The van der Waals surface area contributed by atoms with Gasteiger partial charge in [-0.05, 0) is 42.9 Å². The van der Waals surface area contributed by atoms with Crippen LogP contribution >= 0.6 is 11.3 Å². The molecule has 2 aromatic heterocycles. The fourth-order valence-corrected chi connectivity index (χ4v) is 7.54. The number of amides is 4. The van der Waals surface area contributed by atoms with Crippen LogP contribution in [0.2, 0.25) is 0 Å². The second-order valence-electron chi connectivity index (χ2n) is 15.0. The van der Waals surface area contributed by atoms with Crippen molar-refractivity contribution in [2.45, 2.75) is 78.3 Å². The van der Waals surface area contributed by atoms with E-state index in [0.29, 0.717) is 32.0 Å². The zero-order chi connectivity index (χ0) is 38.3. The Balaban J connectivity index is 1.08. The number of ether oxygens (including phenoxy) is 1. The van der Waals surface area contributed by atoms with Crippen molar-refractivity contribution in [3.05, 3.63) is 58.5 Å². The normalized spacial score (nSPS) is 19.5. The van der Waals surface area contributed by atoms with Crippen LogP contribution in [0.1, 0.15) is 74.0 Å². The molecule has 0 spiro atoms. The molecule has 4 heterocycles. The molecule has 2 aliphatic heterocycles. The van der Waals surface area contributed by atoms with Crippen LogP contribution in [0, 0.1) is 12.3 Å². The van der Waals surface area contributed by atoms with Gasteiger partial charge < -0.3 is 36.0 Å². The van der Waals surface area contributed by atoms with Crippen molar-refractivity contribution in [3.63, 3.8) is 0 Å². The first-order valence-electron chi connectivity index (χ1n) is 18.1. The molecular weight excluding hydrogens is 699 g/mol. The molecule has 0 bridgehead atoms. The quantitative estimate of drug-likeness (QED) is 0.143. The second kappa shape index (κ2) is 17.7. The van der Waals surface area contributed by atoms with Gasteiger partial charge in [-0.2, -0.15) is 5.10 Å². The van der Waals surface area contributed by atoms with Crippen molar-refractivity contribution < 1.29 is 29.0 Å². The predicted molar refractivity (Wildman–Crippen MR) is 201 cm³/mol.